The lowest BCUT2D eigenvalue weighted by molar-refractivity contribution is -0.383. The fourth-order valence-electron chi connectivity index (χ4n) is 2.95. The summed E-state index contributed by atoms with van der Waals surface area (Å²) in [7, 11) is 0. The summed E-state index contributed by atoms with van der Waals surface area (Å²) in [5.41, 5.74) is 0.556. The molecule has 1 aromatic carbocycles. The monoisotopic (exact) mass is 343 g/mol. The third-order valence-corrected chi connectivity index (χ3v) is 4.13. The molecule has 1 aromatic heterocycles. The van der Waals surface area contributed by atoms with Gasteiger partial charge >= 0.3 is 5.69 Å². The molecule has 1 aliphatic carbocycles. The lowest BCUT2D eigenvalue weighted by atomic mass is 10.2. The maximum absolute atomic E-state index is 11.6. The van der Waals surface area contributed by atoms with Gasteiger partial charge in [0.1, 0.15) is 12.1 Å². The van der Waals surface area contributed by atoms with Gasteiger partial charge in [-0.05, 0) is 44.0 Å². The number of rotatable bonds is 7. The minimum atomic E-state index is -0.450. The standard InChI is InChI=1S/C17H21N5O3/c1-2-25-14-9-7-13(8-10-14)21-17-15(22(23)24)16(18-11-19-17)20-12-5-3-4-6-12/h7-12H,2-6H2,1H3,(H2,18,19,20,21). The van der Waals surface area contributed by atoms with Gasteiger partial charge in [-0.2, -0.15) is 0 Å². The molecule has 1 aliphatic rings. The van der Waals surface area contributed by atoms with Crippen LogP contribution in [0.4, 0.5) is 23.0 Å². The first-order valence-electron chi connectivity index (χ1n) is 8.43. The topological polar surface area (TPSA) is 102 Å². The zero-order valence-electron chi connectivity index (χ0n) is 14.1. The van der Waals surface area contributed by atoms with Gasteiger partial charge in [-0.15, -0.1) is 0 Å². The number of anilines is 3. The molecule has 8 nitrogen and oxygen atoms in total. The van der Waals surface area contributed by atoms with E-state index in [-0.39, 0.29) is 23.4 Å². The van der Waals surface area contributed by atoms with Crippen molar-refractivity contribution in [1.82, 2.24) is 9.97 Å². The van der Waals surface area contributed by atoms with Crippen molar-refractivity contribution in [2.45, 2.75) is 38.6 Å². The summed E-state index contributed by atoms with van der Waals surface area (Å²) >= 11 is 0. The molecule has 1 fully saturated rings. The van der Waals surface area contributed by atoms with Crippen molar-refractivity contribution < 1.29 is 9.66 Å². The van der Waals surface area contributed by atoms with Gasteiger partial charge in [-0.25, -0.2) is 9.97 Å². The fraction of sp³-hybridized carbons (Fsp3) is 0.412. The first-order valence-corrected chi connectivity index (χ1v) is 8.43. The summed E-state index contributed by atoms with van der Waals surface area (Å²) in [6.07, 6.45) is 5.61. The zero-order valence-corrected chi connectivity index (χ0v) is 14.1. The highest BCUT2D eigenvalue weighted by Crippen LogP contribution is 2.33. The highest BCUT2D eigenvalue weighted by Gasteiger charge is 2.26. The number of nitrogens with zero attached hydrogens (tertiary/aromatic N) is 3. The third kappa shape index (κ3) is 4.14. The molecular formula is C17H21N5O3. The molecule has 0 aliphatic heterocycles. The van der Waals surface area contributed by atoms with Crippen LogP contribution in [-0.2, 0) is 0 Å². The Morgan fingerprint density at radius 3 is 2.52 bits per heavy atom. The van der Waals surface area contributed by atoms with E-state index in [9.17, 15) is 10.1 Å². The molecule has 0 saturated heterocycles. The second-order valence-corrected chi connectivity index (χ2v) is 5.88. The number of benzene rings is 1. The molecular weight excluding hydrogens is 322 g/mol. The smallest absolute Gasteiger partial charge is 0.353 e. The van der Waals surface area contributed by atoms with Crippen LogP contribution in [-0.4, -0.2) is 27.5 Å². The van der Waals surface area contributed by atoms with Crippen molar-refractivity contribution in [2.75, 3.05) is 17.2 Å². The normalized spacial score (nSPS) is 14.3. The van der Waals surface area contributed by atoms with Crippen LogP contribution in [0.25, 0.3) is 0 Å². The molecule has 3 rings (SSSR count). The Labute approximate surface area is 145 Å². The van der Waals surface area contributed by atoms with E-state index in [2.05, 4.69) is 20.6 Å². The first kappa shape index (κ1) is 16.9. The second kappa shape index (κ2) is 7.78. The lowest BCUT2D eigenvalue weighted by Gasteiger charge is -2.14. The van der Waals surface area contributed by atoms with Crippen molar-refractivity contribution in [3.63, 3.8) is 0 Å². The van der Waals surface area contributed by atoms with Gasteiger partial charge in [-0.3, -0.25) is 10.1 Å². The zero-order chi connectivity index (χ0) is 17.6. The summed E-state index contributed by atoms with van der Waals surface area (Å²) < 4.78 is 5.39. The van der Waals surface area contributed by atoms with Gasteiger partial charge < -0.3 is 15.4 Å². The van der Waals surface area contributed by atoms with E-state index in [0.29, 0.717) is 12.3 Å². The molecule has 0 spiro atoms. The van der Waals surface area contributed by atoms with Crippen molar-refractivity contribution in [1.29, 1.82) is 0 Å². The fourth-order valence-corrected chi connectivity index (χ4v) is 2.95. The van der Waals surface area contributed by atoms with Gasteiger partial charge in [0.15, 0.2) is 0 Å². The third-order valence-electron chi connectivity index (χ3n) is 4.13. The van der Waals surface area contributed by atoms with Gasteiger partial charge in [0, 0.05) is 11.7 Å². The molecule has 1 saturated carbocycles. The molecule has 2 N–H and O–H groups in total. The van der Waals surface area contributed by atoms with Crippen LogP contribution in [0.15, 0.2) is 30.6 Å². The van der Waals surface area contributed by atoms with Gasteiger partial charge in [-0.1, -0.05) is 12.8 Å². The first-order chi connectivity index (χ1) is 12.2. The molecule has 8 heteroatoms. The lowest BCUT2D eigenvalue weighted by Crippen LogP contribution is -2.17. The van der Waals surface area contributed by atoms with E-state index in [4.69, 9.17) is 4.74 Å². The van der Waals surface area contributed by atoms with E-state index >= 15 is 0 Å². The van der Waals surface area contributed by atoms with E-state index in [1.54, 1.807) is 24.3 Å². The van der Waals surface area contributed by atoms with Crippen LogP contribution >= 0.6 is 0 Å². The molecule has 2 aromatic rings. The molecule has 132 valence electrons. The number of hydrogen-bond acceptors (Lipinski definition) is 7. The Hall–Kier alpha value is -2.90. The van der Waals surface area contributed by atoms with Crippen molar-refractivity contribution >= 4 is 23.0 Å². The van der Waals surface area contributed by atoms with Crippen LogP contribution in [0.1, 0.15) is 32.6 Å². The van der Waals surface area contributed by atoms with Crippen LogP contribution in [0, 0.1) is 10.1 Å². The Bertz CT molecular complexity index is 730. The molecule has 0 amide bonds. The molecule has 0 bridgehead atoms. The van der Waals surface area contributed by atoms with Crippen molar-refractivity contribution in [3.05, 3.63) is 40.7 Å². The average molecular weight is 343 g/mol. The summed E-state index contributed by atoms with van der Waals surface area (Å²) in [5.74, 6) is 1.18. The Morgan fingerprint density at radius 1 is 1.20 bits per heavy atom. The van der Waals surface area contributed by atoms with Crippen LogP contribution in [0.3, 0.4) is 0 Å². The van der Waals surface area contributed by atoms with Gasteiger partial charge in [0.05, 0.1) is 11.5 Å². The van der Waals surface area contributed by atoms with Crippen LogP contribution in [0.5, 0.6) is 5.75 Å². The molecule has 0 unspecified atom stereocenters. The van der Waals surface area contributed by atoms with Crippen molar-refractivity contribution in [2.24, 2.45) is 0 Å². The Morgan fingerprint density at radius 2 is 1.88 bits per heavy atom. The molecule has 1 heterocycles. The van der Waals surface area contributed by atoms with E-state index in [1.165, 1.54) is 6.33 Å². The molecule has 0 atom stereocenters. The highest BCUT2D eigenvalue weighted by atomic mass is 16.6. The minimum absolute atomic E-state index is 0.136. The maximum Gasteiger partial charge on any atom is 0.353 e. The predicted molar refractivity (Wildman–Crippen MR) is 95.5 cm³/mol. The second-order valence-electron chi connectivity index (χ2n) is 5.88. The highest BCUT2D eigenvalue weighted by molar-refractivity contribution is 5.74. The average Bonchev–Trinajstić information content (AvgIpc) is 3.10. The van der Waals surface area contributed by atoms with E-state index in [0.717, 1.165) is 31.4 Å². The van der Waals surface area contributed by atoms with Crippen LogP contribution < -0.4 is 15.4 Å². The van der Waals surface area contributed by atoms with Gasteiger partial charge in [0.25, 0.3) is 0 Å². The SMILES string of the molecule is CCOc1ccc(Nc2ncnc(NC3CCCC3)c2[N+](=O)[O-])cc1. The maximum atomic E-state index is 11.6. The van der Waals surface area contributed by atoms with E-state index in [1.807, 2.05) is 6.92 Å². The summed E-state index contributed by atoms with van der Waals surface area (Å²) in [5, 5.41) is 17.8. The quantitative estimate of drug-likeness (QED) is 0.581. The summed E-state index contributed by atoms with van der Waals surface area (Å²) in [4.78, 5) is 19.3. The van der Waals surface area contributed by atoms with Gasteiger partial charge in [0.2, 0.25) is 11.6 Å². The minimum Gasteiger partial charge on any atom is -0.494 e. The number of nitrogens with one attached hydrogen (secondary N) is 2. The Balaban J connectivity index is 1.83. The predicted octanol–water partition coefficient (Wildman–Crippen LogP) is 3.88. The number of nitro groups is 1. The number of aromatic nitrogens is 2. The van der Waals surface area contributed by atoms with Crippen LogP contribution in [0.2, 0.25) is 0 Å². The number of ether oxygens (including phenoxy) is 1. The summed E-state index contributed by atoms with van der Waals surface area (Å²) in [6.45, 7) is 2.50. The number of hydrogen-bond donors (Lipinski definition) is 2. The molecule has 25 heavy (non-hydrogen) atoms. The summed E-state index contributed by atoms with van der Waals surface area (Å²) in [6, 6.07) is 7.42. The van der Waals surface area contributed by atoms with Crippen molar-refractivity contribution in [3.8, 4) is 5.75 Å². The Kier molecular flexibility index (Phi) is 5.27. The van der Waals surface area contributed by atoms with E-state index < -0.39 is 4.92 Å². The molecule has 0 radical (unpaired) electrons. The largest absolute Gasteiger partial charge is 0.494 e.